The maximum absolute atomic E-state index is 14.0. The van der Waals surface area contributed by atoms with Crippen LogP contribution in [0.3, 0.4) is 0 Å². The first-order valence-corrected chi connectivity index (χ1v) is 9.13. The van der Waals surface area contributed by atoms with Crippen molar-refractivity contribution in [3.05, 3.63) is 29.6 Å². The van der Waals surface area contributed by atoms with Crippen molar-refractivity contribution < 1.29 is 17.5 Å². The van der Waals surface area contributed by atoms with Gasteiger partial charge in [-0.1, -0.05) is 6.07 Å². The molecule has 2 rings (SSSR count). The Morgan fingerprint density at radius 2 is 2.10 bits per heavy atom. The monoisotopic (exact) mass is 315 g/mol. The van der Waals surface area contributed by atoms with E-state index in [0.29, 0.717) is 18.4 Å². The molecule has 1 aromatic carbocycles. The van der Waals surface area contributed by atoms with E-state index in [4.69, 9.17) is 10.5 Å². The number of halogens is 1. The van der Waals surface area contributed by atoms with Crippen LogP contribution >= 0.6 is 0 Å². The van der Waals surface area contributed by atoms with Gasteiger partial charge in [-0.25, -0.2) is 12.8 Å². The number of ether oxygens (including phenoxy) is 1. The largest absolute Gasteiger partial charge is 0.487 e. The van der Waals surface area contributed by atoms with Gasteiger partial charge in [0, 0.05) is 18.7 Å². The van der Waals surface area contributed by atoms with Gasteiger partial charge in [-0.3, -0.25) is 0 Å². The molecule has 3 atom stereocenters. The number of nitrogens with two attached hydrogens (primary N) is 1. The molecule has 0 spiro atoms. The Morgan fingerprint density at radius 1 is 1.38 bits per heavy atom. The van der Waals surface area contributed by atoms with Crippen LogP contribution < -0.4 is 10.5 Å². The lowest BCUT2D eigenvalue weighted by Crippen LogP contribution is -2.33. The third kappa shape index (κ3) is 4.17. The summed E-state index contributed by atoms with van der Waals surface area (Å²) >= 11 is 0. The highest BCUT2D eigenvalue weighted by molar-refractivity contribution is 7.91. The third-order valence-corrected chi connectivity index (χ3v) is 5.60. The number of sulfone groups is 1. The van der Waals surface area contributed by atoms with E-state index >= 15 is 0 Å². The van der Waals surface area contributed by atoms with Crippen molar-refractivity contribution in [2.75, 3.05) is 6.26 Å². The minimum atomic E-state index is -3.07. The van der Waals surface area contributed by atoms with Crippen LogP contribution in [0.1, 0.15) is 44.2 Å². The molecular formula is C15H22FNO3S. The highest BCUT2D eigenvalue weighted by atomic mass is 32.2. The Hall–Kier alpha value is -1.14. The topological polar surface area (TPSA) is 69.4 Å². The van der Waals surface area contributed by atoms with Crippen molar-refractivity contribution in [3.8, 4) is 5.75 Å². The maximum Gasteiger partial charge on any atom is 0.165 e. The van der Waals surface area contributed by atoms with Crippen molar-refractivity contribution in [3.63, 3.8) is 0 Å². The first kappa shape index (κ1) is 16.2. The van der Waals surface area contributed by atoms with Crippen molar-refractivity contribution >= 4 is 9.84 Å². The zero-order valence-corrected chi connectivity index (χ0v) is 13.2. The molecule has 21 heavy (non-hydrogen) atoms. The molecule has 2 N–H and O–H groups in total. The Bertz CT molecular complexity index is 601. The molecule has 1 aliphatic rings. The van der Waals surface area contributed by atoms with Crippen LogP contribution in [0.25, 0.3) is 0 Å². The molecule has 118 valence electrons. The fraction of sp³-hybridized carbons (Fsp3) is 0.600. The second kappa shape index (κ2) is 6.32. The average Bonchev–Trinajstić information content (AvgIpc) is 2.40. The van der Waals surface area contributed by atoms with Gasteiger partial charge in [0.1, 0.15) is 15.9 Å². The molecule has 0 saturated heterocycles. The van der Waals surface area contributed by atoms with Crippen molar-refractivity contribution in [2.24, 2.45) is 5.73 Å². The molecule has 0 heterocycles. The summed E-state index contributed by atoms with van der Waals surface area (Å²) in [4.78, 5) is 0. The summed E-state index contributed by atoms with van der Waals surface area (Å²) in [7, 11) is -3.07. The zero-order valence-electron chi connectivity index (χ0n) is 12.4. The predicted octanol–water partition coefficient (Wildman–Crippen LogP) is 2.58. The number of hydrogen-bond acceptors (Lipinski definition) is 4. The van der Waals surface area contributed by atoms with Gasteiger partial charge in [-0.15, -0.1) is 0 Å². The molecule has 1 aromatic rings. The zero-order chi connectivity index (χ0) is 15.6. The molecule has 6 heteroatoms. The summed E-state index contributed by atoms with van der Waals surface area (Å²) < 4.78 is 42.9. The highest BCUT2D eigenvalue weighted by Gasteiger charge is 2.30. The van der Waals surface area contributed by atoms with Gasteiger partial charge in [-0.2, -0.15) is 0 Å². The summed E-state index contributed by atoms with van der Waals surface area (Å²) in [6.07, 6.45) is 3.60. The number of benzene rings is 1. The van der Waals surface area contributed by atoms with Crippen LogP contribution in [0, 0.1) is 5.82 Å². The van der Waals surface area contributed by atoms with Gasteiger partial charge in [0.2, 0.25) is 0 Å². The molecule has 0 aromatic heterocycles. The van der Waals surface area contributed by atoms with E-state index in [2.05, 4.69) is 0 Å². The Labute approximate surface area is 125 Å². The van der Waals surface area contributed by atoms with E-state index in [9.17, 15) is 12.8 Å². The summed E-state index contributed by atoms with van der Waals surface area (Å²) in [5.41, 5.74) is 6.41. The number of rotatable bonds is 4. The van der Waals surface area contributed by atoms with Crippen LogP contribution in [-0.2, 0) is 9.84 Å². The highest BCUT2D eigenvalue weighted by Crippen LogP contribution is 2.29. The standard InChI is InChI=1S/C15H22FNO3S/c1-10(17)11-6-7-15(14(16)8-11)20-12-4-3-5-13(9-12)21(2,18)19/h6-8,10,12-13H,3-5,9,17H2,1-2H3/t10-,12?,13?/m1/s1. The summed E-state index contributed by atoms with van der Waals surface area (Å²) in [6, 6.07) is 4.44. The Kier molecular flexibility index (Phi) is 4.88. The molecule has 1 saturated carbocycles. The lowest BCUT2D eigenvalue weighted by atomic mass is 9.97. The van der Waals surface area contributed by atoms with Crippen LogP contribution in [0.2, 0.25) is 0 Å². The fourth-order valence-corrected chi connectivity index (χ4v) is 3.83. The minimum Gasteiger partial charge on any atom is -0.487 e. The Balaban J connectivity index is 2.08. The first-order valence-electron chi connectivity index (χ1n) is 7.18. The lowest BCUT2D eigenvalue weighted by Gasteiger charge is -2.28. The summed E-state index contributed by atoms with van der Waals surface area (Å²) in [5, 5.41) is -0.386. The van der Waals surface area contributed by atoms with E-state index in [1.165, 1.54) is 12.3 Å². The van der Waals surface area contributed by atoms with E-state index in [0.717, 1.165) is 12.8 Å². The van der Waals surface area contributed by atoms with Gasteiger partial charge in [-0.05, 0) is 43.9 Å². The SMILES string of the molecule is C[C@@H](N)c1ccc(OC2CCCC(S(C)(=O)=O)C2)c(F)c1. The van der Waals surface area contributed by atoms with Gasteiger partial charge >= 0.3 is 0 Å². The van der Waals surface area contributed by atoms with Crippen molar-refractivity contribution in [1.29, 1.82) is 0 Å². The normalized spacial score (nSPS) is 24.6. The fourth-order valence-electron chi connectivity index (χ4n) is 2.67. The average molecular weight is 315 g/mol. The maximum atomic E-state index is 14.0. The van der Waals surface area contributed by atoms with E-state index in [-0.39, 0.29) is 23.1 Å². The van der Waals surface area contributed by atoms with E-state index in [1.807, 2.05) is 0 Å². The van der Waals surface area contributed by atoms with Crippen LogP contribution in [0.5, 0.6) is 5.75 Å². The van der Waals surface area contributed by atoms with Crippen LogP contribution in [-0.4, -0.2) is 26.0 Å². The second-order valence-electron chi connectivity index (χ2n) is 5.84. The minimum absolute atomic E-state index is 0.165. The predicted molar refractivity (Wildman–Crippen MR) is 80.5 cm³/mol. The molecule has 0 bridgehead atoms. The van der Waals surface area contributed by atoms with Crippen molar-refractivity contribution in [1.82, 2.24) is 0 Å². The molecule has 1 aliphatic carbocycles. The van der Waals surface area contributed by atoms with E-state index in [1.54, 1.807) is 19.1 Å². The van der Waals surface area contributed by atoms with Gasteiger partial charge in [0.15, 0.2) is 11.6 Å². The molecule has 2 unspecified atom stereocenters. The van der Waals surface area contributed by atoms with E-state index < -0.39 is 15.7 Å². The number of hydrogen-bond donors (Lipinski definition) is 1. The molecule has 0 radical (unpaired) electrons. The molecule has 4 nitrogen and oxygen atoms in total. The summed E-state index contributed by atoms with van der Waals surface area (Å²) in [6.45, 7) is 1.78. The first-order chi connectivity index (χ1) is 9.77. The van der Waals surface area contributed by atoms with Crippen molar-refractivity contribution in [2.45, 2.75) is 50.0 Å². The van der Waals surface area contributed by atoms with Gasteiger partial charge in [0.05, 0.1) is 5.25 Å². The molecule has 0 amide bonds. The van der Waals surface area contributed by atoms with Gasteiger partial charge in [0.25, 0.3) is 0 Å². The molecular weight excluding hydrogens is 293 g/mol. The molecule has 0 aliphatic heterocycles. The lowest BCUT2D eigenvalue weighted by molar-refractivity contribution is 0.150. The van der Waals surface area contributed by atoms with Crippen LogP contribution in [0.15, 0.2) is 18.2 Å². The second-order valence-corrected chi connectivity index (χ2v) is 8.16. The van der Waals surface area contributed by atoms with Crippen LogP contribution in [0.4, 0.5) is 4.39 Å². The molecule has 1 fully saturated rings. The Morgan fingerprint density at radius 3 is 2.67 bits per heavy atom. The smallest absolute Gasteiger partial charge is 0.165 e. The third-order valence-electron chi connectivity index (χ3n) is 3.96. The van der Waals surface area contributed by atoms with Gasteiger partial charge < -0.3 is 10.5 Å². The quantitative estimate of drug-likeness (QED) is 0.927. The summed E-state index contributed by atoms with van der Waals surface area (Å²) in [5.74, 6) is -0.287.